The van der Waals surface area contributed by atoms with Gasteiger partial charge in [0.15, 0.2) is 6.61 Å². The lowest BCUT2D eigenvalue weighted by Crippen LogP contribution is -2.50. The molecular weight excluding hydrogens is 371 g/mol. The summed E-state index contributed by atoms with van der Waals surface area (Å²) in [5.41, 5.74) is 1.83. The van der Waals surface area contributed by atoms with Crippen LogP contribution in [0.1, 0.15) is 38.3 Å². The quantitative estimate of drug-likeness (QED) is 0.696. The molecule has 156 valence electrons. The maximum Gasteiger partial charge on any atom is 0.261 e. The molecule has 0 aliphatic heterocycles. The van der Waals surface area contributed by atoms with Crippen molar-refractivity contribution in [2.75, 3.05) is 6.61 Å². The Labute approximate surface area is 171 Å². The van der Waals surface area contributed by atoms with E-state index >= 15 is 0 Å². The molecule has 0 aliphatic carbocycles. The van der Waals surface area contributed by atoms with Crippen molar-refractivity contribution < 1.29 is 18.7 Å². The zero-order valence-corrected chi connectivity index (χ0v) is 17.4. The predicted molar refractivity (Wildman–Crippen MR) is 111 cm³/mol. The fraction of sp³-hybridized carbons (Fsp3) is 0.391. The van der Waals surface area contributed by atoms with Crippen molar-refractivity contribution in [3.63, 3.8) is 0 Å². The van der Waals surface area contributed by atoms with Crippen molar-refractivity contribution in [2.24, 2.45) is 0 Å². The van der Waals surface area contributed by atoms with Crippen LogP contribution in [0, 0.1) is 12.7 Å². The summed E-state index contributed by atoms with van der Waals surface area (Å²) in [6, 6.07) is 12.6. The molecule has 2 aromatic carbocycles. The number of nitrogens with zero attached hydrogens (tertiary/aromatic N) is 1. The Hall–Kier alpha value is -2.89. The first-order valence-electron chi connectivity index (χ1n) is 9.84. The van der Waals surface area contributed by atoms with Gasteiger partial charge in [0.1, 0.15) is 17.6 Å². The van der Waals surface area contributed by atoms with Gasteiger partial charge in [0.05, 0.1) is 0 Å². The molecule has 1 N–H and O–H groups in total. The highest BCUT2D eigenvalue weighted by molar-refractivity contribution is 5.88. The van der Waals surface area contributed by atoms with Gasteiger partial charge >= 0.3 is 0 Å². The van der Waals surface area contributed by atoms with Crippen molar-refractivity contribution >= 4 is 11.8 Å². The molecule has 2 aromatic rings. The second kappa shape index (κ2) is 10.6. The van der Waals surface area contributed by atoms with Crippen LogP contribution in [-0.4, -0.2) is 35.4 Å². The van der Waals surface area contributed by atoms with Crippen LogP contribution in [0.15, 0.2) is 48.5 Å². The molecule has 0 fully saturated rings. The van der Waals surface area contributed by atoms with E-state index in [0.717, 1.165) is 17.5 Å². The molecule has 2 atom stereocenters. The van der Waals surface area contributed by atoms with Gasteiger partial charge in [-0.25, -0.2) is 4.39 Å². The molecule has 0 heterocycles. The fourth-order valence-electron chi connectivity index (χ4n) is 2.70. The maximum atomic E-state index is 13.2. The fourth-order valence-corrected chi connectivity index (χ4v) is 2.70. The number of nitrogens with one attached hydrogen (secondary N) is 1. The molecule has 0 radical (unpaired) electrons. The number of amides is 2. The average molecular weight is 400 g/mol. The van der Waals surface area contributed by atoms with E-state index in [1.54, 1.807) is 31.2 Å². The minimum absolute atomic E-state index is 0.0107. The summed E-state index contributed by atoms with van der Waals surface area (Å²) in [5.74, 6) is -0.314. The number of carbonyl (C=O) groups is 2. The highest BCUT2D eigenvalue weighted by Gasteiger charge is 2.27. The van der Waals surface area contributed by atoms with Crippen LogP contribution in [0.2, 0.25) is 0 Å². The summed E-state index contributed by atoms with van der Waals surface area (Å²) in [4.78, 5) is 27.0. The lowest BCUT2D eigenvalue weighted by Gasteiger charge is -2.29. The zero-order valence-electron chi connectivity index (χ0n) is 17.4. The molecule has 0 saturated heterocycles. The van der Waals surface area contributed by atoms with E-state index in [0.29, 0.717) is 5.75 Å². The highest BCUT2D eigenvalue weighted by atomic mass is 19.1. The van der Waals surface area contributed by atoms with E-state index < -0.39 is 6.04 Å². The lowest BCUT2D eigenvalue weighted by molar-refractivity contribution is -0.142. The Morgan fingerprint density at radius 3 is 2.28 bits per heavy atom. The van der Waals surface area contributed by atoms with Gasteiger partial charge in [-0.15, -0.1) is 0 Å². The van der Waals surface area contributed by atoms with Gasteiger partial charge in [0.2, 0.25) is 5.91 Å². The minimum Gasteiger partial charge on any atom is -0.484 e. The number of rotatable bonds is 9. The van der Waals surface area contributed by atoms with Crippen LogP contribution in [0.25, 0.3) is 0 Å². The number of halogens is 1. The van der Waals surface area contributed by atoms with E-state index in [1.807, 2.05) is 32.9 Å². The Morgan fingerprint density at radius 1 is 1.07 bits per heavy atom. The normalized spacial score (nSPS) is 12.7. The summed E-state index contributed by atoms with van der Waals surface area (Å²) < 4.78 is 18.8. The molecule has 2 rings (SSSR count). The van der Waals surface area contributed by atoms with Crippen LogP contribution in [0.4, 0.5) is 4.39 Å². The topological polar surface area (TPSA) is 58.6 Å². The Bertz CT molecular complexity index is 806. The number of hydrogen-bond acceptors (Lipinski definition) is 3. The van der Waals surface area contributed by atoms with Crippen LogP contribution in [0.3, 0.4) is 0 Å². The molecule has 0 bridgehead atoms. The summed E-state index contributed by atoms with van der Waals surface area (Å²) in [6.45, 7) is 7.54. The van der Waals surface area contributed by atoms with Gasteiger partial charge < -0.3 is 15.0 Å². The first kappa shape index (κ1) is 22.4. The number of hydrogen-bond donors (Lipinski definition) is 1. The smallest absolute Gasteiger partial charge is 0.261 e. The molecule has 2 amide bonds. The molecule has 6 heteroatoms. The molecule has 5 nitrogen and oxygen atoms in total. The highest BCUT2D eigenvalue weighted by Crippen LogP contribution is 2.14. The molecule has 0 unspecified atom stereocenters. The monoisotopic (exact) mass is 400 g/mol. The minimum atomic E-state index is -0.692. The van der Waals surface area contributed by atoms with Crippen molar-refractivity contribution in [3.8, 4) is 5.75 Å². The third-order valence-electron chi connectivity index (χ3n) is 4.82. The van der Waals surface area contributed by atoms with Crippen LogP contribution in [-0.2, 0) is 16.1 Å². The Kier molecular flexibility index (Phi) is 8.19. The molecule has 0 saturated carbocycles. The summed E-state index contributed by atoms with van der Waals surface area (Å²) in [6.07, 6.45) is 0.793. The third-order valence-corrected chi connectivity index (χ3v) is 4.82. The van der Waals surface area contributed by atoms with E-state index in [9.17, 15) is 14.0 Å². The van der Waals surface area contributed by atoms with Crippen molar-refractivity contribution in [1.82, 2.24) is 10.2 Å². The summed E-state index contributed by atoms with van der Waals surface area (Å²) in [7, 11) is 0. The largest absolute Gasteiger partial charge is 0.484 e. The van der Waals surface area contributed by atoms with Crippen molar-refractivity contribution in [1.29, 1.82) is 0 Å². The van der Waals surface area contributed by atoms with Crippen LogP contribution < -0.4 is 10.1 Å². The first-order valence-corrected chi connectivity index (χ1v) is 9.84. The maximum absolute atomic E-state index is 13.2. The van der Waals surface area contributed by atoms with Gasteiger partial charge in [-0.1, -0.05) is 36.8 Å². The number of carbonyl (C=O) groups excluding carboxylic acids is 2. The average Bonchev–Trinajstić information content (AvgIpc) is 2.72. The SMILES string of the molecule is CC[C@@H](C)NC(=O)[C@@H](C)N(Cc1ccc(F)cc1)C(=O)COc1ccc(C)cc1. The first-order chi connectivity index (χ1) is 13.8. The molecule has 0 aromatic heterocycles. The number of aryl methyl sites for hydroxylation is 1. The zero-order chi connectivity index (χ0) is 21.4. The van der Waals surface area contributed by atoms with Gasteiger partial charge in [-0.2, -0.15) is 0 Å². The van der Waals surface area contributed by atoms with E-state index in [2.05, 4.69) is 5.32 Å². The van der Waals surface area contributed by atoms with Crippen molar-refractivity contribution in [3.05, 3.63) is 65.5 Å². The molecule has 29 heavy (non-hydrogen) atoms. The van der Waals surface area contributed by atoms with E-state index in [-0.39, 0.29) is 36.8 Å². The van der Waals surface area contributed by atoms with Gasteiger partial charge in [-0.05, 0) is 57.0 Å². The second-order valence-electron chi connectivity index (χ2n) is 7.24. The molecule has 0 aliphatic rings. The standard InChI is InChI=1S/C23H29FN2O3/c1-5-17(3)25-23(28)18(4)26(14-19-8-10-20(24)11-9-19)22(27)15-29-21-12-6-16(2)7-13-21/h6-13,17-18H,5,14-15H2,1-4H3,(H,25,28)/t17-,18-/m1/s1. The van der Waals surface area contributed by atoms with Gasteiger partial charge in [0.25, 0.3) is 5.91 Å². The number of benzene rings is 2. The Balaban J connectivity index is 2.13. The van der Waals surface area contributed by atoms with Crippen LogP contribution in [0.5, 0.6) is 5.75 Å². The van der Waals surface area contributed by atoms with E-state index in [1.165, 1.54) is 17.0 Å². The molecular formula is C23H29FN2O3. The Morgan fingerprint density at radius 2 is 1.69 bits per heavy atom. The summed E-state index contributed by atoms with van der Waals surface area (Å²) in [5, 5.41) is 2.91. The lowest BCUT2D eigenvalue weighted by atomic mass is 10.1. The van der Waals surface area contributed by atoms with E-state index in [4.69, 9.17) is 4.74 Å². The van der Waals surface area contributed by atoms with Crippen molar-refractivity contribution in [2.45, 2.75) is 52.7 Å². The van der Waals surface area contributed by atoms with Crippen LogP contribution >= 0.6 is 0 Å². The third kappa shape index (κ3) is 6.89. The summed E-state index contributed by atoms with van der Waals surface area (Å²) >= 11 is 0. The van der Waals surface area contributed by atoms with Gasteiger partial charge in [0, 0.05) is 12.6 Å². The molecule has 0 spiro atoms. The predicted octanol–water partition coefficient (Wildman–Crippen LogP) is 3.84. The number of ether oxygens (including phenoxy) is 1. The van der Waals surface area contributed by atoms with Gasteiger partial charge in [-0.3, -0.25) is 9.59 Å². The second-order valence-corrected chi connectivity index (χ2v) is 7.24.